The van der Waals surface area contributed by atoms with E-state index in [-0.39, 0.29) is 0 Å². The molecule has 80 valence electrons. The van der Waals surface area contributed by atoms with Gasteiger partial charge in [-0.25, -0.2) is 0 Å². The number of unbranched alkanes of at least 4 members (excludes halogenated alkanes) is 2. The molecule has 1 heterocycles. The summed E-state index contributed by atoms with van der Waals surface area (Å²) in [5, 5.41) is 0. The molecule has 0 aromatic rings. The zero-order valence-electron chi connectivity index (χ0n) is 9.26. The van der Waals surface area contributed by atoms with Crippen molar-refractivity contribution in [2.24, 2.45) is 10.7 Å². The van der Waals surface area contributed by atoms with E-state index in [0.29, 0.717) is 0 Å². The monoisotopic (exact) mass is 194 g/mol. The van der Waals surface area contributed by atoms with E-state index in [1.807, 2.05) is 0 Å². The summed E-state index contributed by atoms with van der Waals surface area (Å²) in [6, 6.07) is 0. The van der Waals surface area contributed by atoms with Crippen LogP contribution in [0, 0.1) is 0 Å². The van der Waals surface area contributed by atoms with Crippen molar-refractivity contribution in [2.45, 2.75) is 51.9 Å². The number of allylic oxidation sites excluding steroid dienone is 2. The van der Waals surface area contributed by atoms with Crippen LogP contribution in [0.15, 0.2) is 16.8 Å². The normalized spacial score (nSPS) is 18.1. The molecular weight excluding hydrogens is 172 g/mol. The molecule has 0 aromatic heterocycles. The number of hydrogen-bond donors (Lipinski definition) is 1. The Kier molecular flexibility index (Phi) is 5.35. The fourth-order valence-corrected chi connectivity index (χ4v) is 1.70. The van der Waals surface area contributed by atoms with Crippen molar-refractivity contribution in [3.8, 4) is 0 Å². The fraction of sp³-hybridized carbons (Fsp3) is 0.750. The Morgan fingerprint density at radius 3 is 2.93 bits per heavy atom. The minimum Gasteiger partial charge on any atom is -0.402 e. The average Bonchev–Trinajstić information content (AvgIpc) is 2.20. The lowest BCUT2D eigenvalue weighted by Gasteiger charge is -2.09. The van der Waals surface area contributed by atoms with Gasteiger partial charge < -0.3 is 5.73 Å². The number of nitrogens with zero attached hydrogens (tertiary/aromatic N) is 1. The van der Waals surface area contributed by atoms with Crippen molar-refractivity contribution in [1.82, 2.24) is 0 Å². The Labute approximate surface area is 87.3 Å². The highest BCUT2D eigenvalue weighted by Crippen LogP contribution is 2.10. The molecule has 0 radical (unpaired) electrons. The minimum atomic E-state index is 0.994. The van der Waals surface area contributed by atoms with Gasteiger partial charge in [-0.1, -0.05) is 19.8 Å². The first kappa shape index (κ1) is 11.3. The van der Waals surface area contributed by atoms with Gasteiger partial charge in [0.15, 0.2) is 0 Å². The van der Waals surface area contributed by atoms with Crippen LogP contribution in [0.5, 0.6) is 0 Å². The molecule has 0 atom stereocenters. The molecule has 0 fully saturated rings. The van der Waals surface area contributed by atoms with E-state index in [1.54, 1.807) is 0 Å². The van der Waals surface area contributed by atoms with E-state index in [9.17, 15) is 0 Å². The Morgan fingerprint density at radius 2 is 2.29 bits per heavy atom. The molecule has 1 rings (SSSR count). The van der Waals surface area contributed by atoms with Gasteiger partial charge in [0.25, 0.3) is 0 Å². The second-order valence-electron chi connectivity index (χ2n) is 4.01. The topological polar surface area (TPSA) is 38.4 Å². The van der Waals surface area contributed by atoms with Gasteiger partial charge in [0, 0.05) is 18.0 Å². The van der Waals surface area contributed by atoms with Gasteiger partial charge in [0.05, 0.1) is 0 Å². The Hall–Kier alpha value is -0.790. The summed E-state index contributed by atoms with van der Waals surface area (Å²) in [7, 11) is 0. The Balaban J connectivity index is 2.30. The molecule has 0 saturated heterocycles. The first-order valence-electron chi connectivity index (χ1n) is 5.82. The second-order valence-corrected chi connectivity index (χ2v) is 4.01. The van der Waals surface area contributed by atoms with Crippen molar-refractivity contribution in [3.05, 3.63) is 11.8 Å². The van der Waals surface area contributed by atoms with Gasteiger partial charge in [0.1, 0.15) is 0 Å². The van der Waals surface area contributed by atoms with Crippen molar-refractivity contribution in [3.63, 3.8) is 0 Å². The Morgan fingerprint density at radius 1 is 1.43 bits per heavy atom. The van der Waals surface area contributed by atoms with Crippen molar-refractivity contribution < 1.29 is 0 Å². The van der Waals surface area contributed by atoms with E-state index in [0.717, 1.165) is 25.1 Å². The maximum atomic E-state index is 5.93. The highest BCUT2D eigenvalue weighted by atomic mass is 14.7. The summed E-state index contributed by atoms with van der Waals surface area (Å²) in [6.45, 7) is 3.21. The smallest absolute Gasteiger partial charge is 0.0392 e. The van der Waals surface area contributed by atoms with Crippen LogP contribution >= 0.6 is 0 Å². The molecule has 1 aliphatic heterocycles. The average molecular weight is 194 g/mol. The molecule has 14 heavy (non-hydrogen) atoms. The largest absolute Gasteiger partial charge is 0.402 e. The molecular formula is C12H22N2. The lowest BCUT2D eigenvalue weighted by Crippen LogP contribution is -2.07. The van der Waals surface area contributed by atoms with Crippen LogP contribution in [0.4, 0.5) is 0 Å². The predicted octanol–water partition coefficient (Wildman–Crippen LogP) is 3.03. The number of aliphatic imine (C=N–C) groups is 1. The van der Waals surface area contributed by atoms with Crippen LogP contribution in [0.25, 0.3) is 0 Å². The summed E-state index contributed by atoms with van der Waals surface area (Å²) in [4.78, 5) is 4.46. The van der Waals surface area contributed by atoms with Gasteiger partial charge in [-0.2, -0.15) is 0 Å². The fourth-order valence-electron chi connectivity index (χ4n) is 1.70. The maximum absolute atomic E-state index is 5.93. The number of rotatable bonds is 5. The van der Waals surface area contributed by atoms with Crippen LogP contribution in [-0.2, 0) is 0 Å². The lowest BCUT2D eigenvalue weighted by atomic mass is 10.1. The molecule has 2 heteroatoms. The zero-order chi connectivity index (χ0) is 10.2. The molecule has 0 aromatic carbocycles. The molecule has 0 bridgehead atoms. The standard InChI is InChI=1S/C12H22N2/c1-2-3-4-7-11(13)10-12-8-5-6-9-14-12/h10H,2-9,13H2,1H3/b11-10+. The van der Waals surface area contributed by atoms with Gasteiger partial charge in [-0.3, -0.25) is 4.99 Å². The molecule has 2 N–H and O–H groups in total. The quantitative estimate of drug-likeness (QED) is 0.671. The van der Waals surface area contributed by atoms with Gasteiger partial charge in [0.2, 0.25) is 0 Å². The van der Waals surface area contributed by atoms with E-state index in [2.05, 4.69) is 18.0 Å². The predicted molar refractivity (Wildman–Crippen MR) is 62.6 cm³/mol. The van der Waals surface area contributed by atoms with Crippen molar-refractivity contribution in [1.29, 1.82) is 0 Å². The third-order valence-electron chi connectivity index (χ3n) is 2.58. The third kappa shape index (κ3) is 4.45. The number of hydrogen-bond acceptors (Lipinski definition) is 2. The second kappa shape index (κ2) is 6.63. The van der Waals surface area contributed by atoms with E-state index in [4.69, 9.17) is 5.73 Å². The maximum Gasteiger partial charge on any atom is 0.0392 e. The van der Waals surface area contributed by atoms with Crippen LogP contribution in [0.3, 0.4) is 0 Å². The SMILES string of the molecule is CCCCC/C(N)=C\C1=NCCCC1. The third-order valence-corrected chi connectivity index (χ3v) is 2.58. The summed E-state index contributed by atoms with van der Waals surface area (Å²) in [5.41, 5.74) is 8.15. The van der Waals surface area contributed by atoms with Crippen LogP contribution in [-0.4, -0.2) is 12.3 Å². The van der Waals surface area contributed by atoms with Crippen LogP contribution in [0.1, 0.15) is 51.9 Å². The molecule has 0 saturated carbocycles. The first-order valence-corrected chi connectivity index (χ1v) is 5.82. The molecule has 1 aliphatic rings. The molecule has 0 unspecified atom stereocenters. The van der Waals surface area contributed by atoms with E-state index >= 15 is 0 Å². The van der Waals surface area contributed by atoms with E-state index < -0.39 is 0 Å². The summed E-state index contributed by atoms with van der Waals surface area (Å²) in [6.07, 6.45) is 10.5. The highest BCUT2D eigenvalue weighted by Gasteiger charge is 2.02. The minimum absolute atomic E-state index is 0.994. The lowest BCUT2D eigenvalue weighted by molar-refractivity contribution is 0.708. The number of nitrogens with two attached hydrogens (primary N) is 1. The highest BCUT2D eigenvalue weighted by molar-refractivity contribution is 5.95. The van der Waals surface area contributed by atoms with Gasteiger partial charge in [-0.05, 0) is 38.2 Å². The Bertz CT molecular complexity index is 216. The van der Waals surface area contributed by atoms with Crippen LogP contribution in [0.2, 0.25) is 0 Å². The summed E-state index contributed by atoms with van der Waals surface area (Å²) in [5.74, 6) is 0. The zero-order valence-corrected chi connectivity index (χ0v) is 9.26. The summed E-state index contributed by atoms with van der Waals surface area (Å²) < 4.78 is 0. The molecule has 2 nitrogen and oxygen atoms in total. The molecule has 0 aliphatic carbocycles. The van der Waals surface area contributed by atoms with Crippen LogP contribution < -0.4 is 5.73 Å². The van der Waals surface area contributed by atoms with Crippen molar-refractivity contribution in [2.75, 3.05) is 6.54 Å². The van der Waals surface area contributed by atoms with Crippen molar-refractivity contribution >= 4 is 5.71 Å². The molecule has 0 spiro atoms. The summed E-state index contributed by atoms with van der Waals surface area (Å²) >= 11 is 0. The molecule has 0 amide bonds. The van der Waals surface area contributed by atoms with Gasteiger partial charge in [-0.15, -0.1) is 0 Å². The van der Waals surface area contributed by atoms with E-state index in [1.165, 1.54) is 37.8 Å². The first-order chi connectivity index (χ1) is 6.83. The van der Waals surface area contributed by atoms with Gasteiger partial charge >= 0.3 is 0 Å².